The quantitative estimate of drug-likeness (QED) is 0.260. The molecule has 0 saturated carbocycles. The van der Waals surface area contributed by atoms with Gasteiger partial charge in [-0.15, -0.1) is 0 Å². The summed E-state index contributed by atoms with van der Waals surface area (Å²) >= 11 is 0. The average Bonchev–Trinajstić information content (AvgIpc) is 3.40. The predicted molar refractivity (Wildman–Crippen MR) is 149 cm³/mol. The minimum Gasteiger partial charge on any atom is -0.369 e. The van der Waals surface area contributed by atoms with Gasteiger partial charge in [-0.2, -0.15) is 0 Å². The maximum Gasteiger partial charge on any atom is 0.270 e. The maximum atomic E-state index is 13.6. The van der Waals surface area contributed by atoms with E-state index >= 15 is 0 Å². The number of nitrogens with zero attached hydrogens (tertiary/aromatic N) is 3. The lowest BCUT2D eigenvalue weighted by Crippen LogP contribution is -2.51. The summed E-state index contributed by atoms with van der Waals surface area (Å²) in [4.78, 5) is 51.7. The van der Waals surface area contributed by atoms with E-state index in [1.807, 2.05) is 60.7 Å². The Morgan fingerprint density at radius 3 is 2.28 bits per heavy atom. The lowest BCUT2D eigenvalue weighted by Gasteiger charge is -2.40. The monoisotopic (exact) mass is 525 g/mol. The third kappa shape index (κ3) is 5.31. The van der Waals surface area contributed by atoms with Crippen LogP contribution in [0.25, 0.3) is 22.4 Å². The number of aromatic amines is 1. The van der Waals surface area contributed by atoms with E-state index in [-0.39, 0.29) is 17.7 Å². The van der Waals surface area contributed by atoms with E-state index in [9.17, 15) is 14.4 Å². The Balaban J connectivity index is 1.40. The third-order valence-electron chi connectivity index (χ3n) is 7.24. The molecule has 3 heterocycles. The van der Waals surface area contributed by atoms with E-state index in [0.29, 0.717) is 67.4 Å². The summed E-state index contributed by atoms with van der Waals surface area (Å²) in [5.74, 6) is 0.418. The smallest absolute Gasteiger partial charge is 0.270 e. The highest BCUT2D eigenvalue weighted by Crippen LogP contribution is 2.36. The molecule has 200 valence electrons. The van der Waals surface area contributed by atoms with E-state index in [1.165, 1.54) is 6.92 Å². The number of primary amides is 1. The van der Waals surface area contributed by atoms with E-state index < -0.39 is 5.41 Å². The van der Waals surface area contributed by atoms with Gasteiger partial charge in [-0.05, 0) is 24.5 Å². The molecule has 4 aromatic rings. The van der Waals surface area contributed by atoms with Crippen LogP contribution >= 0.6 is 0 Å². The number of nitrogens with two attached hydrogens (primary N) is 1. The van der Waals surface area contributed by atoms with Gasteiger partial charge >= 0.3 is 0 Å². The van der Waals surface area contributed by atoms with Gasteiger partial charge in [0.05, 0.1) is 10.8 Å². The Labute approximate surface area is 226 Å². The van der Waals surface area contributed by atoms with E-state index in [4.69, 9.17) is 10.7 Å². The molecular formula is C29H31N7O3. The van der Waals surface area contributed by atoms with Gasteiger partial charge in [0.15, 0.2) is 5.82 Å². The van der Waals surface area contributed by atoms with Gasteiger partial charge in [-0.1, -0.05) is 60.7 Å². The lowest BCUT2D eigenvalue weighted by molar-refractivity contribution is -0.125. The molecule has 10 heteroatoms. The number of likely N-dealkylation sites (tertiary alicyclic amines) is 1. The second-order valence-corrected chi connectivity index (χ2v) is 9.72. The molecule has 5 rings (SSSR count). The van der Waals surface area contributed by atoms with Crippen LogP contribution in [0.15, 0.2) is 66.7 Å². The lowest BCUT2D eigenvalue weighted by atomic mass is 9.72. The SMILES string of the molecule is CC(=O)NCCNc1nc(-c2ccccc2)nc2[nH]c(C(=O)N3CCC(C(N)=O)(c4ccccc4)CC3)cc12. The first kappa shape index (κ1) is 25.9. The summed E-state index contributed by atoms with van der Waals surface area (Å²) in [6, 6.07) is 20.9. The summed E-state index contributed by atoms with van der Waals surface area (Å²) in [6.07, 6.45) is 0.901. The molecule has 2 aromatic heterocycles. The molecule has 39 heavy (non-hydrogen) atoms. The van der Waals surface area contributed by atoms with Crippen LogP contribution in [0.2, 0.25) is 0 Å². The number of fused-ring (bicyclic) bond motifs is 1. The molecule has 10 nitrogen and oxygen atoms in total. The number of amides is 3. The zero-order chi connectivity index (χ0) is 27.4. The van der Waals surface area contributed by atoms with Crippen molar-refractivity contribution in [2.24, 2.45) is 5.73 Å². The Hall–Kier alpha value is -4.73. The maximum absolute atomic E-state index is 13.6. The molecule has 0 radical (unpaired) electrons. The van der Waals surface area contributed by atoms with Gasteiger partial charge in [0, 0.05) is 38.7 Å². The molecular weight excluding hydrogens is 494 g/mol. The highest BCUT2D eigenvalue weighted by Gasteiger charge is 2.42. The number of piperidine rings is 1. The Morgan fingerprint density at radius 1 is 0.974 bits per heavy atom. The number of carbonyl (C=O) groups is 3. The highest BCUT2D eigenvalue weighted by atomic mass is 16.2. The number of rotatable bonds is 8. The standard InChI is InChI=1S/C29H31N7O3/c1-19(37)31-14-15-32-25-22-18-23(33-26(22)35-24(34-25)20-8-4-2-5-9-20)27(38)36-16-12-29(13-17-36,28(30)39)21-10-6-3-7-11-21/h2-11,18H,12-17H2,1H3,(H2,30,39)(H,31,37)(H2,32,33,34,35). The molecule has 5 N–H and O–H groups in total. The molecule has 0 unspecified atom stereocenters. The van der Waals surface area contributed by atoms with Crippen molar-refractivity contribution in [3.8, 4) is 11.4 Å². The zero-order valence-electron chi connectivity index (χ0n) is 21.7. The van der Waals surface area contributed by atoms with Gasteiger partial charge in [0.1, 0.15) is 17.2 Å². The molecule has 1 aliphatic heterocycles. The topological polar surface area (TPSA) is 146 Å². The molecule has 0 bridgehead atoms. The second kappa shape index (κ2) is 10.9. The fourth-order valence-corrected chi connectivity index (χ4v) is 5.09. The van der Waals surface area contributed by atoms with Gasteiger partial charge in [0.25, 0.3) is 5.91 Å². The number of hydrogen-bond donors (Lipinski definition) is 4. The van der Waals surface area contributed by atoms with Crippen molar-refractivity contribution in [3.05, 3.63) is 78.0 Å². The number of aromatic nitrogens is 3. The molecule has 2 aromatic carbocycles. The van der Waals surface area contributed by atoms with Crippen LogP contribution in [0.3, 0.4) is 0 Å². The fraction of sp³-hybridized carbons (Fsp3) is 0.276. The summed E-state index contributed by atoms with van der Waals surface area (Å²) in [5, 5.41) is 6.70. The van der Waals surface area contributed by atoms with Gasteiger partial charge in [0.2, 0.25) is 11.8 Å². The van der Waals surface area contributed by atoms with Crippen molar-refractivity contribution < 1.29 is 14.4 Å². The Bertz CT molecular complexity index is 1490. The van der Waals surface area contributed by atoms with Gasteiger partial charge in [-0.3, -0.25) is 14.4 Å². The molecule has 3 amide bonds. The first-order valence-electron chi connectivity index (χ1n) is 13.0. The molecule has 0 atom stereocenters. The molecule has 1 aliphatic rings. The Kier molecular flexibility index (Phi) is 7.27. The third-order valence-corrected chi connectivity index (χ3v) is 7.24. The van der Waals surface area contributed by atoms with Crippen molar-refractivity contribution in [2.75, 3.05) is 31.5 Å². The van der Waals surface area contributed by atoms with E-state index in [1.54, 1.807) is 11.0 Å². The van der Waals surface area contributed by atoms with Crippen LogP contribution in [-0.2, 0) is 15.0 Å². The number of carbonyl (C=O) groups excluding carboxylic acids is 3. The van der Waals surface area contributed by atoms with Crippen molar-refractivity contribution in [3.63, 3.8) is 0 Å². The van der Waals surface area contributed by atoms with Crippen molar-refractivity contribution in [1.29, 1.82) is 0 Å². The second-order valence-electron chi connectivity index (χ2n) is 9.72. The summed E-state index contributed by atoms with van der Waals surface area (Å²) in [7, 11) is 0. The minimum absolute atomic E-state index is 0.113. The van der Waals surface area contributed by atoms with Crippen LogP contribution in [-0.4, -0.2) is 63.8 Å². The summed E-state index contributed by atoms with van der Waals surface area (Å²) < 4.78 is 0. The minimum atomic E-state index is -0.792. The van der Waals surface area contributed by atoms with E-state index in [0.717, 1.165) is 11.1 Å². The van der Waals surface area contributed by atoms with Crippen LogP contribution in [0.1, 0.15) is 35.8 Å². The van der Waals surface area contributed by atoms with Crippen molar-refractivity contribution >= 4 is 34.6 Å². The average molecular weight is 526 g/mol. The van der Waals surface area contributed by atoms with Crippen LogP contribution in [0.4, 0.5) is 5.82 Å². The summed E-state index contributed by atoms with van der Waals surface area (Å²) in [6.45, 7) is 3.14. The molecule has 0 spiro atoms. The first-order chi connectivity index (χ1) is 18.9. The van der Waals surface area contributed by atoms with Gasteiger partial charge < -0.3 is 26.3 Å². The first-order valence-corrected chi connectivity index (χ1v) is 13.0. The van der Waals surface area contributed by atoms with E-state index in [2.05, 4.69) is 20.6 Å². The van der Waals surface area contributed by atoms with Crippen LogP contribution < -0.4 is 16.4 Å². The largest absolute Gasteiger partial charge is 0.369 e. The number of benzene rings is 2. The number of nitrogens with one attached hydrogen (secondary N) is 3. The predicted octanol–water partition coefficient (Wildman–Crippen LogP) is 2.83. The fourth-order valence-electron chi connectivity index (χ4n) is 5.09. The summed E-state index contributed by atoms with van der Waals surface area (Å²) in [5.41, 5.74) is 7.72. The number of H-pyrrole nitrogens is 1. The van der Waals surface area contributed by atoms with Crippen molar-refractivity contribution in [2.45, 2.75) is 25.2 Å². The highest BCUT2D eigenvalue weighted by molar-refractivity contribution is 6.00. The molecule has 1 fully saturated rings. The zero-order valence-corrected chi connectivity index (χ0v) is 21.7. The van der Waals surface area contributed by atoms with Gasteiger partial charge in [-0.25, -0.2) is 9.97 Å². The normalized spacial score (nSPS) is 14.6. The number of anilines is 1. The number of hydrogen-bond acceptors (Lipinski definition) is 6. The molecule has 1 saturated heterocycles. The van der Waals surface area contributed by atoms with Crippen LogP contribution in [0, 0.1) is 0 Å². The van der Waals surface area contributed by atoms with Crippen LogP contribution in [0.5, 0.6) is 0 Å². The van der Waals surface area contributed by atoms with Crippen molar-refractivity contribution in [1.82, 2.24) is 25.2 Å². The Morgan fingerprint density at radius 2 is 1.64 bits per heavy atom. The molecule has 0 aliphatic carbocycles.